The number of aliphatic hydroxyl groups excluding tert-OH is 1. The average molecular weight is 492 g/mol. The summed E-state index contributed by atoms with van der Waals surface area (Å²) in [4.78, 5) is 42.7. The largest absolute Gasteiger partial charge is 0.481 e. The van der Waals surface area contributed by atoms with E-state index in [4.69, 9.17) is 10.2 Å². The fourth-order valence-corrected chi connectivity index (χ4v) is 3.53. The van der Waals surface area contributed by atoms with Crippen LogP contribution in [0.3, 0.4) is 0 Å². The highest BCUT2D eigenvalue weighted by molar-refractivity contribution is 6.04. The quantitative estimate of drug-likeness (QED) is 0.132. The first-order valence-electron chi connectivity index (χ1n) is 10.6. The number of benzene rings is 2. The highest BCUT2D eigenvalue weighted by Gasteiger charge is 2.21. The Labute approximate surface area is 202 Å². The smallest absolute Gasteiger partial charge is 0.307 e. The molecule has 0 bridgehead atoms. The number of pyridine rings is 1. The van der Waals surface area contributed by atoms with Gasteiger partial charge in [0.15, 0.2) is 5.82 Å². The van der Waals surface area contributed by atoms with E-state index >= 15 is 0 Å². The molecular weight excluding hydrogens is 472 g/mol. The summed E-state index contributed by atoms with van der Waals surface area (Å²) < 4.78 is 0.666. The van der Waals surface area contributed by atoms with Crippen molar-refractivity contribution in [3.05, 3.63) is 76.0 Å². The number of nitro benzene ring substituents is 1. The summed E-state index contributed by atoms with van der Waals surface area (Å²) in [5, 5.41) is 45.5. The standard InChI is InChI=1S/C23H20N6O7/c30-8-7-24-19-6-3-14(12-25-19)23(33)26-16-4-1-13(2-5-16)22-27-21-15(10-20(31)32)9-17(29(35)36)11-18(21)28(22)34/h1-6,9,11-12,30,34H,7-8,10H2,(H,24,25)(H,26,33)(H,31,32). The zero-order valence-electron chi connectivity index (χ0n) is 18.6. The van der Waals surface area contributed by atoms with Gasteiger partial charge in [0.2, 0.25) is 0 Å². The second kappa shape index (κ2) is 10.1. The number of nitrogens with zero attached hydrogens (tertiary/aromatic N) is 4. The van der Waals surface area contributed by atoms with E-state index in [1.807, 2.05) is 0 Å². The van der Waals surface area contributed by atoms with Crippen LogP contribution in [0, 0.1) is 10.1 Å². The molecule has 0 radical (unpaired) electrons. The van der Waals surface area contributed by atoms with Gasteiger partial charge in [0.1, 0.15) is 11.3 Å². The van der Waals surface area contributed by atoms with Crippen LogP contribution in [0.25, 0.3) is 22.4 Å². The Morgan fingerprint density at radius 1 is 1.11 bits per heavy atom. The van der Waals surface area contributed by atoms with E-state index in [0.717, 1.165) is 12.1 Å². The van der Waals surface area contributed by atoms with Crippen LogP contribution in [0.2, 0.25) is 0 Å². The fourth-order valence-electron chi connectivity index (χ4n) is 3.53. The van der Waals surface area contributed by atoms with Gasteiger partial charge in [0.05, 0.1) is 29.0 Å². The van der Waals surface area contributed by atoms with Gasteiger partial charge >= 0.3 is 5.97 Å². The van der Waals surface area contributed by atoms with Gasteiger partial charge in [-0.1, -0.05) is 0 Å². The number of fused-ring (bicyclic) bond motifs is 1. The number of carbonyl (C=O) groups excluding carboxylic acids is 1. The van der Waals surface area contributed by atoms with E-state index in [1.54, 1.807) is 36.4 Å². The third-order valence-corrected chi connectivity index (χ3v) is 5.20. The lowest BCUT2D eigenvalue weighted by Gasteiger charge is -2.08. The Bertz CT molecular complexity index is 1450. The molecule has 0 aliphatic carbocycles. The van der Waals surface area contributed by atoms with Crippen LogP contribution in [0.1, 0.15) is 15.9 Å². The second-order valence-electron chi connectivity index (χ2n) is 7.66. The van der Waals surface area contributed by atoms with E-state index in [1.165, 1.54) is 6.20 Å². The number of imidazole rings is 1. The van der Waals surface area contributed by atoms with Crippen molar-refractivity contribution in [2.45, 2.75) is 6.42 Å². The monoisotopic (exact) mass is 492 g/mol. The van der Waals surface area contributed by atoms with Crippen LogP contribution in [0.5, 0.6) is 0 Å². The predicted molar refractivity (Wildman–Crippen MR) is 128 cm³/mol. The van der Waals surface area contributed by atoms with Crippen molar-refractivity contribution in [3.63, 3.8) is 0 Å². The third-order valence-electron chi connectivity index (χ3n) is 5.20. The molecule has 0 unspecified atom stereocenters. The minimum Gasteiger partial charge on any atom is -0.481 e. The molecule has 0 spiro atoms. The number of carboxylic acids is 1. The number of non-ortho nitro benzene ring substituents is 1. The predicted octanol–water partition coefficient (Wildman–Crippen LogP) is 2.53. The number of nitrogens with one attached hydrogen (secondary N) is 2. The summed E-state index contributed by atoms with van der Waals surface area (Å²) >= 11 is 0. The molecular formula is C23H20N6O7. The van der Waals surface area contributed by atoms with Crippen molar-refractivity contribution in [2.24, 2.45) is 0 Å². The van der Waals surface area contributed by atoms with Crippen molar-refractivity contribution < 1.29 is 29.9 Å². The molecule has 184 valence electrons. The maximum Gasteiger partial charge on any atom is 0.307 e. The van der Waals surface area contributed by atoms with Crippen molar-refractivity contribution in [3.8, 4) is 11.4 Å². The minimum absolute atomic E-state index is 0.00254. The Morgan fingerprint density at radius 2 is 1.86 bits per heavy atom. The third kappa shape index (κ3) is 5.05. The molecule has 0 saturated heterocycles. The number of aromatic nitrogens is 3. The summed E-state index contributed by atoms with van der Waals surface area (Å²) in [6.45, 7) is 0.292. The molecule has 4 rings (SSSR count). The van der Waals surface area contributed by atoms with E-state index in [-0.39, 0.29) is 34.7 Å². The highest BCUT2D eigenvalue weighted by atomic mass is 16.6. The van der Waals surface area contributed by atoms with Gasteiger partial charge in [-0.3, -0.25) is 19.7 Å². The first-order valence-corrected chi connectivity index (χ1v) is 10.6. The Balaban J connectivity index is 1.57. The van der Waals surface area contributed by atoms with Gasteiger partial charge in [0, 0.05) is 36.1 Å². The summed E-state index contributed by atoms with van der Waals surface area (Å²) in [6.07, 6.45) is 0.887. The van der Waals surface area contributed by atoms with Gasteiger partial charge in [-0.05, 0) is 42.0 Å². The summed E-state index contributed by atoms with van der Waals surface area (Å²) in [5.41, 5.74) is 1.05. The van der Waals surface area contributed by atoms with Gasteiger partial charge in [-0.25, -0.2) is 9.97 Å². The average Bonchev–Trinajstić information content (AvgIpc) is 3.19. The van der Waals surface area contributed by atoms with Crippen molar-refractivity contribution >= 4 is 40.1 Å². The van der Waals surface area contributed by atoms with Crippen molar-refractivity contribution in [1.82, 2.24) is 14.7 Å². The number of aliphatic hydroxyl groups is 1. The summed E-state index contributed by atoms with van der Waals surface area (Å²) in [5.74, 6) is -1.03. The van der Waals surface area contributed by atoms with E-state index < -0.39 is 23.2 Å². The zero-order chi connectivity index (χ0) is 25.8. The van der Waals surface area contributed by atoms with E-state index in [2.05, 4.69) is 20.6 Å². The van der Waals surface area contributed by atoms with Gasteiger partial charge in [0.25, 0.3) is 11.6 Å². The van der Waals surface area contributed by atoms with Crippen LogP contribution in [-0.2, 0) is 11.2 Å². The number of carboxylic acid groups (broad SMARTS) is 1. The van der Waals surface area contributed by atoms with Crippen LogP contribution < -0.4 is 10.6 Å². The molecule has 0 atom stereocenters. The summed E-state index contributed by atoms with van der Waals surface area (Å²) in [6, 6.07) is 11.8. The second-order valence-corrected chi connectivity index (χ2v) is 7.66. The van der Waals surface area contributed by atoms with Gasteiger partial charge < -0.3 is 26.1 Å². The number of amides is 1. The maximum absolute atomic E-state index is 12.5. The molecule has 0 aliphatic rings. The number of rotatable bonds is 9. The molecule has 2 heterocycles. The number of nitro groups is 1. The molecule has 2 aromatic carbocycles. The molecule has 0 saturated carbocycles. The Morgan fingerprint density at radius 3 is 2.47 bits per heavy atom. The molecule has 13 heteroatoms. The number of anilines is 2. The first-order chi connectivity index (χ1) is 17.3. The van der Waals surface area contributed by atoms with E-state index in [9.17, 15) is 24.9 Å². The molecule has 4 aromatic rings. The van der Waals surface area contributed by atoms with Crippen LogP contribution in [-0.4, -0.2) is 60.1 Å². The number of hydrogen-bond acceptors (Lipinski definition) is 9. The Kier molecular flexibility index (Phi) is 6.74. The molecule has 0 aliphatic heterocycles. The van der Waals surface area contributed by atoms with Crippen LogP contribution in [0.15, 0.2) is 54.7 Å². The van der Waals surface area contributed by atoms with Gasteiger partial charge in [-0.15, -0.1) is 0 Å². The maximum atomic E-state index is 12.5. The number of aliphatic carboxylic acids is 1. The zero-order valence-corrected chi connectivity index (χ0v) is 18.6. The number of hydrogen-bond donors (Lipinski definition) is 5. The topological polar surface area (TPSA) is 193 Å². The normalized spacial score (nSPS) is 10.8. The molecule has 0 fully saturated rings. The molecule has 13 nitrogen and oxygen atoms in total. The van der Waals surface area contributed by atoms with Gasteiger partial charge in [-0.2, -0.15) is 4.73 Å². The lowest BCUT2D eigenvalue weighted by Crippen LogP contribution is -2.13. The molecule has 36 heavy (non-hydrogen) atoms. The van der Waals surface area contributed by atoms with Crippen LogP contribution >= 0.6 is 0 Å². The lowest BCUT2D eigenvalue weighted by atomic mass is 10.1. The molecule has 5 N–H and O–H groups in total. The Hall–Kier alpha value is -5.04. The summed E-state index contributed by atoms with van der Waals surface area (Å²) in [7, 11) is 0. The first kappa shape index (κ1) is 24.1. The molecule has 1 amide bonds. The lowest BCUT2D eigenvalue weighted by molar-refractivity contribution is -0.384. The fraction of sp³-hybridized carbons (Fsp3) is 0.130. The van der Waals surface area contributed by atoms with E-state index in [0.29, 0.717) is 33.9 Å². The minimum atomic E-state index is -1.20. The highest BCUT2D eigenvalue weighted by Crippen LogP contribution is 2.30. The SMILES string of the molecule is O=C(O)Cc1cc([N+](=O)[O-])cc2c1nc(-c1ccc(NC(=O)c3ccc(NCCO)nc3)cc1)n2O. The number of carbonyl (C=O) groups is 2. The van der Waals surface area contributed by atoms with Crippen molar-refractivity contribution in [1.29, 1.82) is 0 Å². The van der Waals surface area contributed by atoms with Crippen LogP contribution in [0.4, 0.5) is 17.2 Å². The molecule has 2 aromatic heterocycles. The van der Waals surface area contributed by atoms with Crippen molar-refractivity contribution in [2.75, 3.05) is 23.8 Å².